The van der Waals surface area contributed by atoms with E-state index in [2.05, 4.69) is 55.4 Å². The molecule has 1 fully saturated rings. The Kier molecular flexibility index (Phi) is 17.4. The van der Waals surface area contributed by atoms with Gasteiger partial charge in [0.15, 0.2) is 0 Å². The molecule has 0 aromatic heterocycles. The number of carbonyl (C=O) groups is 4. The Hall–Kier alpha value is -2.28. The van der Waals surface area contributed by atoms with Gasteiger partial charge in [0.2, 0.25) is 0 Å². The monoisotopic (exact) mass is 628 g/mol. The minimum absolute atomic E-state index is 0.192. The zero-order chi connectivity index (χ0) is 33.7. The highest BCUT2D eigenvalue weighted by Crippen LogP contribution is 2.25. The summed E-state index contributed by atoms with van der Waals surface area (Å²) in [6, 6.07) is -1.22. The quantitative estimate of drug-likeness (QED) is 0.198. The van der Waals surface area contributed by atoms with E-state index in [0.29, 0.717) is 51.9 Å². The van der Waals surface area contributed by atoms with Crippen LogP contribution in [-0.4, -0.2) is 140 Å². The van der Waals surface area contributed by atoms with E-state index in [1.165, 1.54) is 0 Å². The van der Waals surface area contributed by atoms with Crippen LogP contribution in [0.1, 0.15) is 81.1 Å². The molecule has 0 saturated carbocycles. The molecule has 1 saturated heterocycles. The number of rotatable bonds is 16. The van der Waals surface area contributed by atoms with Crippen LogP contribution < -0.4 is 0 Å². The first kappa shape index (κ1) is 39.7. The molecule has 0 unspecified atom stereocenters. The van der Waals surface area contributed by atoms with Crippen molar-refractivity contribution in [2.75, 3.05) is 52.4 Å². The molecule has 44 heavy (non-hydrogen) atoms. The van der Waals surface area contributed by atoms with E-state index in [1.807, 2.05) is 19.6 Å². The van der Waals surface area contributed by atoms with Gasteiger partial charge >= 0.3 is 23.9 Å². The highest BCUT2D eigenvalue weighted by atomic mass is 16.4. The smallest absolute Gasteiger partial charge is 0.317 e. The Morgan fingerprint density at radius 1 is 0.432 bits per heavy atom. The summed E-state index contributed by atoms with van der Waals surface area (Å²) in [6.07, 6.45) is 2.50. The van der Waals surface area contributed by atoms with Crippen molar-refractivity contribution in [3.8, 4) is 0 Å². The lowest BCUT2D eigenvalue weighted by atomic mass is 9.94. The van der Waals surface area contributed by atoms with E-state index < -0.39 is 23.9 Å². The van der Waals surface area contributed by atoms with Gasteiger partial charge in [0.25, 0.3) is 0 Å². The first-order valence-electron chi connectivity index (χ1n) is 16.2. The van der Waals surface area contributed by atoms with E-state index in [0.717, 1.165) is 0 Å². The molecule has 0 radical (unpaired) electrons. The second-order valence-electron chi connectivity index (χ2n) is 14.4. The standard InChI is InChI=1S/C32H60N4O8/c1-21(2)9-25-13-34(18-30(39)40)27(11-23(5)6)15-36(20-32(43)44)28(12-24(7)8)16-35(19-31(41)42)26(10-22(3)4)14-33(25)17-29(37)38/h21-28H,9-20H2,1-8H3,(H,37,38)(H,39,40)(H,41,42)(H,43,44)/t25-,26-,27-,28-/m1/s1. The van der Waals surface area contributed by atoms with E-state index >= 15 is 0 Å². The van der Waals surface area contributed by atoms with Crippen LogP contribution in [0.25, 0.3) is 0 Å². The van der Waals surface area contributed by atoms with Gasteiger partial charge in [-0.2, -0.15) is 0 Å². The van der Waals surface area contributed by atoms with E-state index in [4.69, 9.17) is 0 Å². The predicted octanol–water partition coefficient (Wildman–Crippen LogP) is 3.21. The van der Waals surface area contributed by atoms with Crippen LogP contribution in [0.2, 0.25) is 0 Å². The van der Waals surface area contributed by atoms with Gasteiger partial charge in [-0.05, 0) is 49.4 Å². The number of aliphatic carboxylic acids is 4. The molecule has 0 bridgehead atoms. The molecule has 0 amide bonds. The number of hydrogen-bond acceptors (Lipinski definition) is 8. The van der Waals surface area contributed by atoms with Gasteiger partial charge in [0, 0.05) is 50.3 Å². The van der Waals surface area contributed by atoms with Gasteiger partial charge in [-0.25, -0.2) is 0 Å². The number of hydrogen-bond donors (Lipinski definition) is 4. The molecule has 4 N–H and O–H groups in total. The van der Waals surface area contributed by atoms with Crippen molar-refractivity contribution in [3.63, 3.8) is 0 Å². The molecule has 4 atom stereocenters. The molecule has 0 aromatic carbocycles. The van der Waals surface area contributed by atoms with Crippen molar-refractivity contribution >= 4 is 23.9 Å². The third-order valence-corrected chi connectivity index (χ3v) is 8.17. The summed E-state index contributed by atoms with van der Waals surface area (Å²) in [5.41, 5.74) is 0. The largest absolute Gasteiger partial charge is 0.480 e. The van der Waals surface area contributed by atoms with Crippen LogP contribution >= 0.6 is 0 Å². The SMILES string of the molecule is CC(C)C[C@@H]1CN(CC(=O)O)[C@H](CC(C)C)CN(CC(=O)O)[C@H](CC(C)C)CN(CC(=O)O)[C@H](CC(C)C)CN1CC(=O)O. The Labute approximate surface area is 264 Å². The summed E-state index contributed by atoms with van der Waals surface area (Å²) in [6.45, 7) is 16.6. The van der Waals surface area contributed by atoms with E-state index in [1.54, 1.807) is 0 Å². The fourth-order valence-electron chi connectivity index (χ4n) is 6.68. The third kappa shape index (κ3) is 15.6. The fourth-order valence-corrected chi connectivity index (χ4v) is 6.68. The van der Waals surface area contributed by atoms with Crippen LogP contribution in [0.15, 0.2) is 0 Å². The van der Waals surface area contributed by atoms with Crippen molar-refractivity contribution in [2.24, 2.45) is 23.7 Å². The minimum atomic E-state index is -0.993. The fraction of sp³-hybridized carbons (Fsp3) is 0.875. The molecular formula is C32H60N4O8. The molecule has 1 heterocycles. The normalized spacial score (nSPS) is 24.1. The summed E-state index contributed by atoms with van der Waals surface area (Å²) in [5, 5.41) is 40.0. The van der Waals surface area contributed by atoms with Crippen molar-refractivity contribution in [2.45, 2.75) is 105 Å². The lowest BCUT2D eigenvalue weighted by Gasteiger charge is -2.46. The van der Waals surface area contributed by atoms with Gasteiger partial charge in [-0.15, -0.1) is 0 Å². The molecular weight excluding hydrogens is 568 g/mol. The minimum Gasteiger partial charge on any atom is -0.480 e. The average molecular weight is 629 g/mol. The summed E-state index contributed by atoms with van der Waals surface area (Å²) < 4.78 is 0. The van der Waals surface area contributed by atoms with Crippen LogP contribution in [0, 0.1) is 23.7 Å². The first-order valence-corrected chi connectivity index (χ1v) is 16.2. The van der Waals surface area contributed by atoms with Crippen LogP contribution in [0.5, 0.6) is 0 Å². The molecule has 0 aliphatic carbocycles. The van der Waals surface area contributed by atoms with Crippen molar-refractivity contribution in [3.05, 3.63) is 0 Å². The van der Waals surface area contributed by atoms with Crippen molar-refractivity contribution < 1.29 is 39.6 Å². The third-order valence-electron chi connectivity index (χ3n) is 8.17. The Bertz CT molecular complexity index is 769. The van der Waals surface area contributed by atoms with Gasteiger partial charge in [0.05, 0.1) is 26.2 Å². The number of nitrogens with zero attached hydrogens (tertiary/aromatic N) is 4. The van der Waals surface area contributed by atoms with Gasteiger partial charge in [-0.1, -0.05) is 55.4 Å². The Morgan fingerprint density at radius 3 is 0.705 bits per heavy atom. The number of carboxylic acid groups (broad SMARTS) is 4. The van der Waals surface area contributed by atoms with Crippen LogP contribution in [0.4, 0.5) is 0 Å². The Balaban J connectivity index is 3.99. The van der Waals surface area contributed by atoms with E-state index in [9.17, 15) is 39.6 Å². The molecule has 12 heteroatoms. The van der Waals surface area contributed by atoms with Gasteiger partial charge in [-0.3, -0.25) is 38.8 Å². The van der Waals surface area contributed by atoms with Gasteiger partial charge in [0.1, 0.15) is 0 Å². The summed E-state index contributed by atoms with van der Waals surface area (Å²) in [4.78, 5) is 56.6. The second kappa shape index (κ2) is 19.3. The molecule has 1 aliphatic heterocycles. The lowest BCUT2D eigenvalue weighted by Crippen LogP contribution is -2.60. The summed E-state index contributed by atoms with van der Waals surface area (Å²) in [5.74, 6) is -3.20. The molecule has 12 nitrogen and oxygen atoms in total. The topological polar surface area (TPSA) is 162 Å². The lowest BCUT2D eigenvalue weighted by molar-refractivity contribution is -0.144. The molecule has 0 aromatic rings. The molecule has 256 valence electrons. The zero-order valence-corrected chi connectivity index (χ0v) is 28.3. The molecule has 1 aliphatic rings. The van der Waals surface area contributed by atoms with E-state index in [-0.39, 0.29) is 74.0 Å². The van der Waals surface area contributed by atoms with Crippen LogP contribution in [0.3, 0.4) is 0 Å². The highest BCUT2D eigenvalue weighted by Gasteiger charge is 2.37. The van der Waals surface area contributed by atoms with Gasteiger partial charge < -0.3 is 20.4 Å². The molecule has 1 rings (SSSR count). The molecule has 0 spiro atoms. The maximum absolute atomic E-state index is 12.2. The predicted molar refractivity (Wildman–Crippen MR) is 170 cm³/mol. The van der Waals surface area contributed by atoms with Crippen molar-refractivity contribution in [1.29, 1.82) is 0 Å². The van der Waals surface area contributed by atoms with Crippen LogP contribution in [-0.2, 0) is 19.2 Å². The first-order chi connectivity index (χ1) is 20.4. The number of carboxylic acids is 4. The summed E-state index contributed by atoms with van der Waals surface area (Å²) >= 11 is 0. The summed E-state index contributed by atoms with van der Waals surface area (Å²) in [7, 11) is 0. The van der Waals surface area contributed by atoms with Crippen molar-refractivity contribution in [1.82, 2.24) is 19.6 Å². The Morgan fingerprint density at radius 2 is 0.591 bits per heavy atom. The maximum Gasteiger partial charge on any atom is 0.317 e. The highest BCUT2D eigenvalue weighted by molar-refractivity contribution is 5.70. The maximum atomic E-state index is 12.2. The zero-order valence-electron chi connectivity index (χ0n) is 28.3. The average Bonchev–Trinajstić information content (AvgIpc) is 2.82. The second-order valence-corrected chi connectivity index (χ2v) is 14.4.